The van der Waals surface area contributed by atoms with Gasteiger partial charge >= 0.3 is 0 Å². The standard InChI is InChI=1S/C28H36BrNO2/c1-3-5-7-15-31-17-13-28(14-18-32-16-8-6-4-2)26-19-22(21-30)9-11-24(26)25-12-10-23(29)20-27(25)28/h9-12,19-20H,3-8,13-18H2,1-2H3. The summed E-state index contributed by atoms with van der Waals surface area (Å²) >= 11 is 3.70. The number of unbranched alkanes of at least 4 members (excludes halogenated alkanes) is 4. The number of ether oxygens (including phenoxy) is 2. The van der Waals surface area contributed by atoms with Crippen molar-refractivity contribution >= 4 is 15.9 Å². The third-order valence-corrected chi connectivity index (χ3v) is 7.08. The Balaban J connectivity index is 1.89. The van der Waals surface area contributed by atoms with Crippen LogP contribution in [0, 0.1) is 11.3 Å². The van der Waals surface area contributed by atoms with Gasteiger partial charge in [-0.2, -0.15) is 5.26 Å². The van der Waals surface area contributed by atoms with Crippen molar-refractivity contribution in [2.45, 2.75) is 70.6 Å². The minimum Gasteiger partial charge on any atom is -0.381 e. The fourth-order valence-electron chi connectivity index (χ4n) is 4.81. The molecule has 172 valence electrons. The zero-order valence-corrected chi connectivity index (χ0v) is 21.2. The molecule has 0 amide bonds. The maximum atomic E-state index is 9.59. The lowest BCUT2D eigenvalue weighted by Gasteiger charge is -2.32. The van der Waals surface area contributed by atoms with E-state index < -0.39 is 0 Å². The summed E-state index contributed by atoms with van der Waals surface area (Å²) < 4.78 is 13.2. The van der Waals surface area contributed by atoms with Crippen LogP contribution in [-0.2, 0) is 14.9 Å². The monoisotopic (exact) mass is 497 g/mol. The van der Waals surface area contributed by atoms with Crippen LogP contribution in [-0.4, -0.2) is 26.4 Å². The molecule has 2 aromatic carbocycles. The van der Waals surface area contributed by atoms with Gasteiger partial charge in [0.25, 0.3) is 0 Å². The number of rotatable bonds is 14. The minimum atomic E-state index is -0.198. The van der Waals surface area contributed by atoms with Crippen molar-refractivity contribution in [1.82, 2.24) is 0 Å². The summed E-state index contributed by atoms with van der Waals surface area (Å²) in [6, 6.07) is 15.1. The second kappa shape index (κ2) is 12.5. The molecular weight excluding hydrogens is 462 g/mol. The number of hydrogen-bond acceptors (Lipinski definition) is 3. The normalized spacial score (nSPS) is 13.6. The molecule has 0 unspecified atom stereocenters. The lowest BCUT2D eigenvalue weighted by molar-refractivity contribution is 0.0918. The molecule has 0 saturated heterocycles. The van der Waals surface area contributed by atoms with E-state index in [1.807, 2.05) is 6.07 Å². The van der Waals surface area contributed by atoms with Gasteiger partial charge in [0.1, 0.15) is 0 Å². The first-order valence-electron chi connectivity index (χ1n) is 12.2. The molecule has 4 heteroatoms. The fourth-order valence-corrected chi connectivity index (χ4v) is 5.17. The Hall–Kier alpha value is -1.67. The van der Waals surface area contributed by atoms with E-state index in [0.29, 0.717) is 18.8 Å². The molecule has 0 heterocycles. The van der Waals surface area contributed by atoms with Gasteiger partial charge in [-0.3, -0.25) is 0 Å². The highest BCUT2D eigenvalue weighted by atomic mass is 79.9. The van der Waals surface area contributed by atoms with Crippen molar-refractivity contribution in [3.63, 3.8) is 0 Å². The van der Waals surface area contributed by atoms with Crippen molar-refractivity contribution in [2.75, 3.05) is 26.4 Å². The van der Waals surface area contributed by atoms with Crippen molar-refractivity contribution < 1.29 is 9.47 Å². The quantitative estimate of drug-likeness (QED) is 0.250. The summed E-state index contributed by atoms with van der Waals surface area (Å²) in [6.45, 7) is 7.48. The van der Waals surface area contributed by atoms with E-state index in [4.69, 9.17) is 9.47 Å². The second-order valence-corrected chi connectivity index (χ2v) is 9.70. The van der Waals surface area contributed by atoms with Crippen molar-refractivity contribution in [2.24, 2.45) is 0 Å². The first-order valence-corrected chi connectivity index (χ1v) is 13.0. The van der Waals surface area contributed by atoms with Crippen LogP contribution in [0.3, 0.4) is 0 Å². The van der Waals surface area contributed by atoms with E-state index in [0.717, 1.165) is 43.4 Å². The third kappa shape index (κ3) is 5.81. The minimum absolute atomic E-state index is 0.198. The molecule has 0 fully saturated rings. The van der Waals surface area contributed by atoms with Crippen LogP contribution in [0.25, 0.3) is 11.1 Å². The van der Waals surface area contributed by atoms with E-state index >= 15 is 0 Å². The Labute approximate surface area is 202 Å². The van der Waals surface area contributed by atoms with Crippen LogP contribution >= 0.6 is 15.9 Å². The van der Waals surface area contributed by atoms with E-state index in [1.165, 1.54) is 47.9 Å². The zero-order valence-electron chi connectivity index (χ0n) is 19.6. The number of nitriles is 1. The van der Waals surface area contributed by atoms with Crippen LogP contribution in [0.1, 0.15) is 81.9 Å². The van der Waals surface area contributed by atoms with Gasteiger partial charge < -0.3 is 9.47 Å². The van der Waals surface area contributed by atoms with Gasteiger partial charge in [-0.1, -0.05) is 67.6 Å². The largest absolute Gasteiger partial charge is 0.381 e. The third-order valence-electron chi connectivity index (χ3n) is 6.58. The maximum absolute atomic E-state index is 9.59. The summed E-state index contributed by atoms with van der Waals surface area (Å²) in [4.78, 5) is 0. The molecular formula is C28H36BrNO2. The molecule has 3 rings (SSSR count). The second-order valence-electron chi connectivity index (χ2n) is 8.78. The van der Waals surface area contributed by atoms with E-state index in [1.54, 1.807) is 0 Å². The van der Waals surface area contributed by atoms with Crippen LogP contribution in [0.4, 0.5) is 0 Å². The summed E-state index contributed by atoms with van der Waals surface area (Å²) in [7, 11) is 0. The highest BCUT2D eigenvalue weighted by molar-refractivity contribution is 9.10. The molecule has 1 aliphatic rings. The zero-order chi connectivity index (χ0) is 22.8. The van der Waals surface area contributed by atoms with Gasteiger partial charge in [0.05, 0.1) is 11.6 Å². The topological polar surface area (TPSA) is 42.2 Å². The van der Waals surface area contributed by atoms with Gasteiger partial charge in [-0.15, -0.1) is 0 Å². The molecule has 1 aliphatic carbocycles. The molecule has 32 heavy (non-hydrogen) atoms. The van der Waals surface area contributed by atoms with Gasteiger partial charge in [-0.25, -0.2) is 0 Å². The van der Waals surface area contributed by atoms with Crippen molar-refractivity contribution in [3.8, 4) is 17.2 Å². The Morgan fingerprint density at radius 3 is 1.91 bits per heavy atom. The van der Waals surface area contributed by atoms with Crippen LogP contribution < -0.4 is 0 Å². The highest BCUT2D eigenvalue weighted by Gasteiger charge is 2.43. The summed E-state index contributed by atoms with van der Waals surface area (Å²) in [6.07, 6.45) is 8.83. The molecule has 3 nitrogen and oxygen atoms in total. The molecule has 0 saturated carbocycles. The summed E-state index contributed by atoms with van der Waals surface area (Å²) in [5.74, 6) is 0. The molecule has 0 spiro atoms. The molecule has 0 atom stereocenters. The van der Waals surface area contributed by atoms with Crippen molar-refractivity contribution in [1.29, 1.82) is 5.26 Å². The van der Waals surface area contributed by atoms with Gasteiger partial charge in [0.15, 0.2) is 0 Å². The summed E-state index contributed by atoms with van der Waals surface area (Å²) in [5.41, 5.74) is 5.60. The molecule has 0 aliphatic heterocycles. The van der Waals surface area contributed by atoms with E-state index in [2.05, 4.69) is 66.2 Å². The maximum Gasteiger partial charge on any atom is 0.0991 e. The number of fused-ring (bicyclic) bond motifs is 3. The van der Waals surface area contributed by atoms with E-state index in [9.17, 15) is 5.26 Å². The van der Waals surface area contributed by atoms with Crippen molar-refractivity contribution in [3.05, 3.63) is 57.6 Å². The van der Waals surface area contributed by atoms with Gasteiger partial charge in [-0.05, 0) is 72.2 Å². The Kier molecular flexibility index (Phi) is 9.78. The molecule has 0 bridgehead atoms. The average molecular weight is 499 g/mol. The van der Waals surface area contributed by atoms with Crippen LogP contribution in [0.5, 0.6) is 0 Å². The predicted octanol–water partition coefficient (Wildman–Crippen LogP) is 7.78. The number of hydrogen-bond donors (Lipinski definition) is 0. The van der Waals surface area contributed by atoms with Crippen LogP contribution in [0.2, 0.25) is 0 Å². The Morgan fingerprint density at radius 2 is 1.34 bits per heavy atom. The summed E-state index contributed by atoms with van der Waals surface area (Å²) in [5, 5.41) is 9.59. The Bertz CT molecular complexity index is 902. The first kappa shape index (κ1) is 25.0. The molecule has 0 radical (unpaired) electrons. The SMILES string of the molecule is CCCCCOCCC1(CCOCCCCC)c2cc(Br)ccc2-c2ccc(C#N)cc21. The highest BCUT2D eigenvalue weighted by Crippen LogP contribution is 2.53. The van der Waals surface area contributed by atoms with Gasteiger partial charge in [0.2, 0.25) is 0 Å². The lowest BCUT2D eigenvalue weighted by Crippen LogP contribution is -2.29. The van der Waals surface area contributed by atoms with Gasteiger partial charge in [0, 0.05) is 36.3 Å². The van der Waals surface area contributed by atoms with E-state index in [-0.39, 0.29) is 5.41 Å². The predicted molar refractivity (Wildman–Crippen MR) is 135 cm³/mol. The molecule has 2 aromatic rings. The number of nitrogens with zero attached hydrogens (tertiary/aromatic N) is 1. The molecule has 0 aromatic heterocycles. The lowest BCUT2D eigenvalue weighted by atomic mass is 9.73. The first-order chi connectivity index (χ1) is 15.7. The average Bonchev–Trinajstić information content (AvgIpc) is 3.07. The molecule has 0 N–H and O–H groups in total. The van der Waals surface area contributed by atoms with Crippen LogP contribution in [0.15, 0.2) is 40.9 Å². The Morgan fingerprint density at radius 1 is 0.781 bits per heavy atom. The number of halogens is 1. The number of benzene rings is 2. The fraction of sp³-hybridized carbons (Fsp3) is 0.536. The smallest absolute Gasteiger partial charge is 0.0991 e.